The van der Waals surface area contributed by atoms with Crippen LogP contribution in [0, 0.1) is 27.7 Å². The van der Waals surface area contributed by atoms with Crippen LogP contribution in [0.3, 0.4) is 0 Å². The van der Waals surface area contributed by atoms with Crippen molar-refractivity contribution in [2.75, 3.05) is 18.1 Å². The molecule has 1 aliphatic rings. The van der Waals surface area contributed by atoms with E-state index in [2.05, 4.69) is 19.5 Å². The van der Waals surface area contributed by atoms with Crippen molar-refractivity contribution in [1.82, 2.24) is 24.1 Å². The molecule has 0 saturated carbocycles. The Morgan fingerprint density at radius 2 is 1.64 bits per heavy atom. The van der Waals surface area contributed by atoms with E-state index in [1.54, 1.807) is 23.2 Å². The first kappa shape index (κ1) is 37.2. The van der Waals surface area contributed by atoms with Crippen LogP contribution >= 0.6 is 23.2 Å². The van der Waals surface area contributed by atoms with Crippen LogP contribution < -0.4 is 9.64 Å². The zero-order valence-corrected chi connectivity index (χ0v) is 33.1. The lowest BCUT2D eigenvalue weighted by atomic mass is 9.97. The first-order valence-corrected chi connectivity index (χ1v) is 19.4. The van der Waals surface area contributed by atoms with Crippen molar-refractivity contribution in [2.24, 2.45) is 0 Å². The lowest BCUT2D eigenvalue weighted by Crippen LogP contribution is -2.32. The fourth-order valence-electron chi connectivity index (χ4n) is 8.20. The van der Waals surface area contributed by atoms with Gasteiger partial charge in [-0.3, -0.25) is 9.78 Å². The van der Waals surface area contributed by atoms with Gasteiger partial charge in [0.25, 0.3) is 5.91 Å². The van der Waals surface area contributed by atoms with Crippen LogP contribution in [0.5, 0.6) is 5.75 Å². The standard InChI is InChI=1S/C44H40Cl2N6O4/c1-25-20-31(21-26(2)39(25)46)56-19-8-12-32-33-14-15-34(45)38(37-27(3)48-24-49-28(37)4)41(33)51-18-9-17-50(43(53)42(32)51)35-13-7-10-29-22-36(44(54)55)52(40(29)35)23-30-11-5-6-16-47-30/h5-7,10-11,13-16,20-22,24H,8-9,12,17-19,23H2,1-4H3,(H,54,55). The van der Waals surface area contributed by atoms with Gasteiger partial charge in [-0.15, -0.1) is 0 Å². The van der Waals surface area contributed by atoms with Gasteiger partial charge in [-0.25, -0.2) is 14.8 Å². The van der Waals surface area contributed by atoms with Gasteiger partial charge in [-0.2, -0.15) is 0 Å². The molecule has 1 amide bonds. The predicted octanol–water partition coefficient (Wildman–Crippen LogP) is 9.80. The monoisotopic (exact) mass is 786 g/mol. The minimum Gasteiger partial charge on any atom is -0.494 e. The van der Waals surface area contributed by atoms with E-state index >= 15 is 4.79 Å². The van der Waals surface area contributed by atoms with Crippen LogP contribution in [0.15, 0.2) is 79.3 Å². The van der Waals surface area contributed by atoms with Gasteiger partial charge in [-0.1, -0.05) is 47.5 Å². The van der Waals surface area contributed by atoms with E-state index in [9.17, 15) is 9.90 Å². The fourth-order valence-corrected chi connectivity index (χ4v) is 8.56. The Bertz CT molecular complexity index is 2640. The van der Waals surface area contributed by atoms with Gasteiger partial charge < -0.3 is 23.9 Å². The number of amides is 1. The zero-order valence-electron chi connectivity index (χ0n) is 31.6. The SMILES string of the molecule is Cc1cc(OCCCc2c3n(c4c(-c5c(C)ncnc5C)c(Cl)ccc24)CCCN(c2cccc4cc(C(=O)O)n(Cc5ccccn5)c24)C3=O)cc(C)c1Cl. The van der Waals surface area contributed by atoms with Gasteiger partial charge >= 0.3 is 5.97 Å². The second kappa shape index (κ2) is 15.1. The van der Waals surface area contributed by atoms with E-state index in [4.69, 9.17) is 27.9 Å². The number of halogens is 2. The number of hydrogen-bond donors (Lipinski definition) is 1. The Balaban J connectivity index is 1.28. The second-order valence-electron chi connectivity index (χ2n) is 14.3. The maximum Gasteiger partial charge on any atom is 0.352 e. The van der Waals surface area contributed by atoms with Crippen LogP contribution in [-0.4, -0.2) is 54.2 Å². The highest BCUT2D eigenvalue weighted by atomic mass is 35.5. The third-order valence-electron chi connectivity index (χ3n) is 10.7. The summed E-state index contributed by atoms with van der Waals surface area (Å²) >= 11 is 13.5. The fraction of sp³-hybridized carbons (Fsp3) is 0.250. The second-order valence-corrected chi connectivity index (χ2v) is 15.1. The number of carbonyl (C=O) groups is 2. The van der Waals surface area contributed by atoms with Crippen LogP contribution in [0.25, 0.3) is 32.9 Å². The molecule has 0 fully saturated rings. The van der Waals surface area contributed by atoms with Crippen molar-refractivity contribution in [2.45, 2.75) is 60.0 Å². The third kappa shape index (κ3) is 6.56. The van der Waals surface area contributed by atoms with Crippen molar-refractivity contribution >= 4 is 62.6 Å². The Hall–Kier alpha value is -5.71. The summed E-state index contributed by atoms with van der Waals surface area (Å²) in [4.78, 5) is 43.4. The molecule has 284 valence electrons. The number of ether oxygens (including phenoxy) is 1. The van der Waals surface area contributed by atoms with Crippen molar-refractivity contribution in [1.29, 1.82) is 0 Å². The van der Waals surface area contributed by atoms with Gasteiger partial charge in [0.1, 0.15) is 23.5 Å². The summed E-state index contributed by atoms with van der Waals surface area (Å²) in [5, 5.41) is 13.3. The number of carboxylic acids is 1. The van der Waals surface area contributed by atoms with Gasteiger partial charge in [-0.05, 0) is 106 Å². The average Bonchev–Trinajstić information content (AvgIpc) is 3.64. The number of carbonyl (C=O) groups excluding carboxylic acids is 1. The van der Waals surface area contributed by atoms with Crippen LogP contribution in [-0.2, 0) is 19.5 Å². The van der Waals surface area contributed by atoms with Gasteiger partial charge in [0.15, 0.2) is 0 Å². The molecular weight excluding hydrogens is 747 g/mol. The molecule has 0 spiro atoms. The molecule has 56 heavy (non-hydrogen) atoms. The molecule has 8 rings (SSSR count). The number of aromatic nitrogens is 5. The van der Waals surface area contributed by atoms with E-state index in [0.717, 1.165) is 66.3 Å². The molecule has 7 aromatic rings. The van der Waals surface area contributed by atoms with Gasteiger partial charge in [0.2, 0.25) is 0 Å². The van der Waals surface area contributed by atoms with Gasteiger partial charge in [0, 0.05) is 57.6 Å². The topological polar surface area (TPSA) is 115 Å². The van der Waals surface area contributed by atoms with E-state index in [1.165, 1.54) is 0 Å². The van der Waals surface area contributed by atoms with Crippen molar-refractivity contribution in [3.05, 3.63) is 134 Å². The van der Waals surface area contributed by atoms with E-state index < -0.39 is 5.97 Å². The smallest absolute Gasteiger partial charge is 0.352 e. The molecule has 1 aliphatic heterocycles. The Morgan fingerprint density at radius 3 is 2.36 bits per heavy atom. The third-order valence-corrected chi connectivity index (χ3v) is 11.6. The molecule has 0 bridgehead atoms. The van der Waals surface area contributed by atoms with Gasteiger partial charge in [0.05, 0.1) is 40.6 Å². The number of carboxylic acid groups (broad SMARTS) is 1. The number of benzene rings is 3. The molecule has 5 heterocycles. The molecule has 0 saturated heterocycles. The normalized spacial score (nSPS) is 13.0. The average molecular weight is 788 g/mol. The number of pyridine rings is 1. The molecule has 4 aromatic heterocycles. The van der Waals surface area contributed by atoms with E-state index in [-0.39, 0.29) is 18.1 Å². The minimum absolute atomic E-state index is 0.122. The highest BCUT2D eigenvalue weighted by Crippen LogP contribution is 2.43. The molecule has 0 unspecified atom stereocenters. The molecule has 3 aromatic carbocycles. The first-order chi connectivity index (χ1) is 27.0. The number of para-hydroxylation sites is 1. The summed E-state index contributed by atoms with van der Waals surface area (Å²) in [6, 6.07) is 20.7. The molecule has 0 atom stereocenters. The zero-order chi connectivity index (χ0) is 39.2. The molecule has 10 nitrogen and oxygen atoms in total. The summed E-state index contributed by atoms with van der Waals surface area (Å²) in [7, 11) is 0. The molecule has 12 heteroatoms. The largest absolute Gasteiger partial charge is 0.494 e. The van der Waals surface area contributed by atoms with Crippen molar-refractivity contribution < 1.29 is 19.4 Å². The lowest BCUT2D eigenvalue weighted by Gasteiger charge is -2.23. The van der Waals surface area contributed by atoms with Crippen molar-refractivity contribution in [3.8, 4) is 16.9 Å². The van der Waals surface area contributed by atoms with E-state index in [0.29, 0.717) is 66.6 Å². The van der Waals surface area contributed by atoms with Crippen LogP contribution in [0.2, 0.25) is 10.0 Å². The number of aromatic carboxylic acids is 1. The molecule has 1 N–H and O–H groups in total. The Morgan fingerprint density at radius 1 is 0.875 bits per heavy atom. The molecular formula is C44H40Cl2N6O4. The quantitative estimate of drug-likeness (QED) is 0.137. The molecule has 0 aliphatic carbocycles. The van der Waals surface area contributed by atoms with Crippen molar-refractivity contribution in [3.63, 3.8) is 0 Å². The lowest BCUT2D eigenvalue weighted by molar-refractivity contribution is 0.0686. The minimum atomic E-state index is -1.06. The molecule has 0 radical (unpaired) electrons. The maximum absolute atomic E-state index is 15.4. The number of nitrogens with zero attached hydrogens (tertiary/aromatic N) is 6. The summed E-state index contributed by atoms with van der Waals surface area (Å²) in [6.07, 6.45) is 5.07. The number of rotatable bonds is 10. The van der Waals surface area contributed by atoms with Crippen LogP contribution in [0.1, 0.15) is 67.6 Å². The number of fused-ring (bicyclic) bond motifs is 4. The number of anilines is 1. The highest BCUT2D eigenvalue weighted by molar-refractivity contribution is 6.35. The Labute approximate surface area is 334 Å². The van der Waals surface area contributed by atoms with Crippen LogP contribution in [0.4, 0.5) is 5.69 Å². The Kier molecular flexibility index (Phi) is 10.0. The summed E-state index contributed by atoms with van der Waals surface area (Å²) < 4.78 is 10.1. The number of hydrogen-bond acceptors (Lipinski definition) is 6. The predicted molar refractivity (Wildman–Crippen MR) is 221 cm³/mol. The highest BCUT2D eigenvalue weighted by Gasteiger charge is 2.33. The number of aryl methyl sites for hydroxylation is 6. The summed E-state index contributed by atoms with van der Waals surface area (Å²) in [5.74, 6) is -0.481. The summed E-state index contributed by atoms with van der Waals surface area (Å²) in [6.45, 7) is 9.44. The first-order valence-electron chi connectivity index (χ1n) is 18.6. The van der Waals surface area contributed by atoms with E-state index in [1.807, 2.05) is 93.3 Å². The maximum atomic E-state index is 15.4. The summed E-state index contributed by atoms with van der Waals surface area (Å²) in [5.41, 5.74) is 9.60.